The number of hydrogen-bond donors (Lipinski definition) is 3. The van der Waals surface area contributed by atoms with Crippen LogP contribution in [0.25, 0.3) is 0 Å². The van der Waals surface area contributed by atoms with Crippen LogP contribution in [-0.2, 0) is 16.4 Å². The van der Waals surface area contributed by atoms with Crippen LogP contribution in [0.5, 0.6) is 0 Å². The van der Waals surface area contributed by atoms with E-state index >= 15 is 0 Å². The van der Waals surface area contributed by atoms with Gasteiger partial charge in [-0.3, -0.25) is 9.52 Å². The van der Waals surface area contributed by atoms with Gasteiger partial charge in [0.2, 0.25) is 10.0 Å². The van der Waals surface area contributed by atoms with Gasteiger partial charge in [0.1, 0.15) is 0 Å². The van der Waals surface area contributed by atoms with E-state index in [1.165, 1.54) is 29.3 Å². The molecule has 1 aliphatic rings. The lowest BCUT2D eigenvalue weighted by Crippen LogP contribution is -2.39. The lowest BCUT2D eigenvalue weighted by Gasteiger charge is -2.27. The number of hydrogen-bond acceptors (Lipinski definition) is 4. The maximum Gasteiger partial charge on any atom is 0.253 e. The van der Waals surface area contributed by atoms with Gasteiger partial charge in [-0.2, -0.15) is 0 Å². The highest BCUT2D eigenvalue weighted by atomic mass is 35.5. The number of amides is 1. The van der Waals surface area contributed by atoms with Gasteiger partial charge >= 0.3 is 0 Å². The Morgan fingerprint density at radius 1 is 1.27 bits per heavy atom. The molecule has 0 radical (unpaired) electrons. The van der Waals surface area contributed by atoms with Gasteiger partial charge in [0.05, 0.1) is 17.5 Å². The molecule has 1 aliphatic heterocycles. The van der Waals surface area contributed by atoms with E-state index in [2.05, 4.69) is 21.4 Å². The average molecular weight is 394 g/mol. The van der Waals surface area contributed by atoms with E-state index in [0.717, 1.165) is 19.2 Å². The van der Waals surface area contributed by atoms with E-state index < -0.39 is 10.0 Å². The molecule has 8 heteroatoms. The van der Waals surface area contributed by atoms with E-state index in [0.29, 0.717) is 11.6 Å². The van der Waals surface area contributed by atoms with Crippen molar-refractivity contribution in [2.24, 2.45) is 0 Å². The predicted molar refractivity (Wildman–Crippen MR) is 103 cm³/mol. The highest BCUT2D eigenvalue weighted by Crippen LogP contribution is 2.24. The molecule has 0 bridgehead atoms. The Morgan fingerprint density at radius 2 is 2.04 bits per heavy atom. The molecule has 1 atom stereocenters. The maximum atomic E-state index is 12.6. The average Bonchev–Trinajstić information content (AvgIpc) is 2.60. The first-order valence-corrected chi connectivity index (χ1v) is 10.5. The summed E-state index contributed by atoms with van der Waals surface area (Å²) in [6.07, 6.45) is 1.99. The summed E-state index contributed by atoms with van der Waals surface area (Å²) in [4.78, 5) is 12.6. The molecule has 3 N–H and O–H groups in total. The second kappa shape index (κ2) is 7.65. The molecule has 138 valence electrons. The Morgan fingerprint density at radius 3 is 2.81 bits per heavy atom. The van der Waals surface area contributed by atoms with Crippen LogP contribution < -0.4 is 15.4 Å². The number of benzene rings is 2. The SMILES string of the molecule is CS(=O)(=O)Nc1ccc(Cl)cc1C(=O)NCC1NCCc2ccccc21. The molecule has 1 amide bonds. The lowest BCUT2D eigenvalue weighted by atomic mass is 9.94. The molecule has 0 aromatic heterocycles. The van der Waals surface area contributed by atoms with Crippen LogP contribution in [0, 0.1) is 0 Å². The van der Waals surface area contributed by atoms with Gasteiger partial charge in [-0.05, 0) is 42.3 Å². The van der Waals surface area contributed by atoms with Gasteiger partial charge in [0.15, 0.2) is 0 Å². The molecule has 3 rings (SSSR count). The summed E-state index contributed by atoms with van der Waals surface area (Å²) in [6, 6.07) is 12.6. The fourth-order valence-electron chi connectivity index (χ4n) is 3.06. The number of carbonyl (C=O) groups excluding carboxylic acids is 1. The number of anilines is 1. The quantitative estimate of drug-likeness (QED) is 0.727. The number of nitrogens with one attached hydrogen (secondary N) is 3. The minimum Gasteiger partial charge on any atom is -0.350 e. The monoisotopic (exact) mass is 393 g/mol. The zero-order chi connectivity index (χ0) is 18.7. The second-order valence-corrected chi connectivity index (χ2v) is 8.41. The topological polar surface area (TPSA) is 87.3 Å². The second-order valence-electron chi connectivity index (χ2n) is 6.23. The highest BCUT2D eigenvalue weighted by molar-refractivity contribution is 7.92. The molecule has 26 heavy (non-hydrogen) atoms. The third-order valence-corrected chi connectivity index (χ3v) is 5.03. The van der Waals surface area contributed by atoms with E-state index in [-0.39, 0.29) is 23.2 Å². The summed E-state index contributed by atoms with van der Waals surface area (Å²) in [5.74, 6) is -0.386. The Kier molecular flexibility index (Phi) is 5.50. The number of sulfonamides is 1. The van der Waals surface area contributed by atoms with Gasteiger partial charge in [0, 0.05) is 17.6 Å². The minimum absolute atomic E-state index is 0.00870. The lowest BCUT2D eigenvalue weighted by molar-refractivity contribution is 0.0950. The van der Waals surface area contributed by atoms with Crippen molar-refractivity contribution in [2.45, 2.75) is 12.5 Å². The highest BCUT2D eigenvalue weighted by Gasteiger charge is 2.21. The van der Waals surface area contributed by atoms with Crippen molar-refractivity contribution < 1.29 is 13.2 Å². The molecule has 0 saturated heterocycles. The van der Waals surface area contributed by atoms with Gasteiger partial charge in [-0.25, -0.2) is 8.42 Å². The zero-order valence-electron chi connectivity index (χ0n) is 14.3. The first-order valence-electron chi connectivity index (χ1n) is 8.20. The summed E-state index contributed by atoms with van der Waals surface area (Å²) >= 11 is 5.98. The first kappa shape index (κ1) is 18.7. The van der Waals surface area contributed by atoms with E-state index in [9.17, 15) is 13.2 Å². The molecule has 0 fully saturated rings. The minimum atomic E-state index is -3.51. The summed E-state index contributed by atoms with van der Waals surface area (Å²) in [5, 5.41) is 6.62. The van der Waals surface area contributed by atoms with Gasteiger partial charge in [-0.15, -0.1) is 0 Å². The maximum absolute atomic E-state index is 12.6. The first-order chi connectivity index (χ1) is 12.3. The van der Waals surface area contributed by atoms with Crippen molar-refractivity contribution in [3.8, 4) is 0 Å². The molecule has 2 aromatic carbocycles. The Labute approximate surface area is 158 Å². The predicted octanol–water partition coefficient (Wildman–Crippen LogP) is 2.33. The Hall–Kier alpha value is -2.09. The van der Waals surface area contributed by atoms with Gasteiger partial charge in [-0.1, -0.05) is 35.9 Å². The summed E-state index contributed by atoms with van der Waals surface area (Å²) in [5.41, 5.74) is 2.82. The standard InChI is InChI=1S/C18H20ClN3O3S/c1-26(24,25)22-16-7-6-13(19)10-15(16)18(23)21-11-17-14-5-3-2-4-12(14)8-9-20-17/h2-7,10,17,20,22H,8-9,11H2,1H3,(H,21,23). The molecular formula is C18H20ClN3O3S. The number of rotatable bonds is 5. The Balaban J connectivity index is 1.76. The molecule has 2 aromatic rings. The van der Waals surface area contributed by atoms with Crippen molar-refractivity contribution in [1.82, 2.24) is 10.6 Å². The van der Waals surface area contributed by atoms with Crippen LogP contribution in [0.1, 0.15) is 27.5 Å². The van der Waals surface area contributed by atoms with E-state index in [1.807, 2.05) is 18.2 Å². The van der Waals surface area contributed by atoms with E-state index in [1.54, 1.807) is 0 Å². The number of carbonyl (C=O) groups is 1. The molecule has 0 saturated carbocycles. The molecular weight excluding hydrogens is 374 g/mol. The normalized spacial score (nSPS) is 16.6. The van der Waals surface area contributed by atoms with Crippen molar-refractivity contribution >= 4 is 33.2 Å². The number of halogens is 1. The summed E-state index contributed by atoms with van der Waals surface area (Å²) in [6.45, 7) is 1.23. The fraction of sp³-hybridized carbons (Fsp3) is 0.278. The summed E-state index contributed by atoms with van der Waals surface area (Å²) in [7, 11) is -3.51. The van der Waals surface area contributed by atoms with Crippen LogP contribution in [-0.4, -0.2) is 33.7 Å². The van der Waals surface area contributed by atoms with Crippen molar-refractivity contribution in [2.75, 3.05) is 24.1 Å². The van der Waals surface area contributed by atoms with Crippen molar-refractivity contribution in [3.05, 3.63) is 64.2 Å². The van der Waals surface area contributed by atoms with Crippen LogP contribution >= 0.6 is 11.6 Å². The largest absolute Gasteiger partial charge is 0.350 e. The van der Waals surface area contributed by atoms with Gasteiger partial charge in [0.25, 0.3) is 5.91 Å². The van der Waals surface area contributed by atoms with Crippen LogP contribution in [0.2, 0.25) is 5.02 Å². The third-order valence-electron chi connectivity index (χ3n) is 4.20. The fourth-order valence-corrected chi connectivity index (χ4v) is 3.81. The van der Waals surface area contributed by atoms with Crippen LogP contribution in [0.3, 0.4) is 0 Å². The molecule has 6 nitrogen and oxygen atoms in total. The Bertz CT molecular complexity index is 931. The van der Waals surface area contributed by atoms with E-state index in [4.69, 9.17) is 11.6 Å². The summed E-state index contributed by atoms with van der Waals surface area (Å²) < 4.78 is 25.4. The third kappa shape index (κ3) is 4.55. The van der Waals surface area contributed by atoms with Crippen molar-refractivity contribution in [1.29, 1.82) is 0 Å². The van der Waals surface area contributed by atoms with Gasteiger partial charge < -0.3 is 10.6 Å². The smallest absolute Gasteiger partial charge is 0.253 e. The zero-order valence-corrected chi connectivity index (χ0v) is 15.8. The molecule has 1 unspecified atom stereocenters. The van der Waals surface area contributed by atoms with Crippen LogP contribution in [0.4, 0.5) is 5.69 Å². The number of fused-ring (bicyclic) bond motifs is 1. The molecule has 0 spiro atoms. The molecule has 1 heterocycles. The van der Waals surface area contributed by atoms with Crippen LogP contribution in [0.15, 0.2) is 42.5 Å². The molecule has 0 aliphatic carbocycles. The van der Waals surface area contributed by atoms with Crippen molar-refractivity contribution in [3.63, 3.8) is 0 Å².